The van der Waals surface area contributed by atoms with E-state index in [0.29, 0.717) is 5.02 Å². The van der Waals surface area contributed by atoms with Crippen LogP contribution in [-0.4, -0.2) is 5.91 Å². The van der Waals surface area contributed by atoms with E-state index in [1.165, 1.54) is 12.1 Å². The highest BCUT2D eigenvalue weighted by Gasteiger charge is 2.12. The Morgan fingerprint density at radius 3 is 1.92 bits per heavy atom. The second-order valence-corrected chi connectivity index (χ2v) is 3.36. The van der Waals surface area contributed by atoms with Crippen LogP contribution in [0.5, 0.6) is 0 Å². The van der Waals surface area contributed by atoms with E-state index in [4.69, 9.17) is 40.5 Å². The van der Waals surface area contributed by atoms with Gasteiger partial charge in [-0.1, -0.05) is 34.8 Å². The van der Waals surface area contributed by atoms with Gasteiger partial charge in [-0.25, -0.2) is 0 Å². The van der Waals surface area contributed by atoms with Gasteiger partial charge in [0.25, 0.3) is 5.91 Å². The molecule has 0 aromatic heterocycles. The largest absolute Gasteiger partial charge is 0.366 e. The van der Waals surface area contributed by atoms with Crippen molar-refractivity contribution in [2.45, 2.75) is 0 Å². The molecule has 0 fully saturated rings. The van der Waals surface area contributed by atoms with E-state index in [0.717, 1.165) is 0 Å². The molecule has 0 spiro atoms. The Labute approximate surface area is 84.2 Å². The SMILES string of the molecule is NC(=O)c1c(Cl)cc(Cl)cc1Cl. The maximum atomic E-state index is 10.8. The van der Waals surface area contributed by atoms with Crippen LogP contribution in [0.4, 0.5) is 0 Å². The fourth-order valence-corrected chi connectivity index (χ4v) is 1.78. The van der Waals surface area contributed by atoms with Gasteiger partial charge >= 0.3 is 0 Å². The fourth-order valence-electron chi connectivity index (χ4n) is 0.778. The second kappa shape index (κ2) is 3.52. The molecule has 0 aliphatic rings. The van der Waals surface area contributed by atoms with Crippen LogP contribution in [0.1, 0.15) is 10.4 Å². The van der Waals surface area contributed by atoms with Gasteiger partial charge in [-0.15, -0.1) is 0 Å². The zero-order valence-electron chi connectivity index (χ0n) is 5.77. The van der Waals surface area contributed by atoms with Gasteiger partial charge in [0, 0.05) is 5.02 Å². The molecular formula is C7H4Cl3NO. The fraction of sp³-hybridized carbons (Fsp3) is 0. The maximum Gasteiger partial charge on any atom is 0.251 e. The third-order valence-electron chi connectivity index (χ3n) is 1.25. The average Bonchev–Trinajstić information content (AvgIpc) is 1.82. The van der Waals surface area contributed by atoms with Gasteiger partial charge in [-0.3, -0.25) is 4.79 Å². The van der Waals surface area contributed by atoms with Gasteiger partial charge in [-0.2, -0.15) is 0 Å². The molecule has 0 atom stereocenters. The Morgan fingerprint density at radius 1 is 1.17 bits per heavy atom. The summed E-state index contributed by atoms with van der Waals surface area (Å²) in [6.45, 7) is 0. The van der Waals surface area contributed by atoms with Crippen molar-refractivity contribution < 1.29 is 4.79 Å². The monoisotopic (exact) mass is 223 g/mol. The summed E-state index contributed by atoms with van der Waals surface area (Å²) >= 11 is 16.9. The normalized spacial score (nSPS) is 9.92. The van der Waals surface area contributed by atoms with Gasteiger partial charge in [0.2, 0.25) is 0 Å². The van der Waals surface area contributed by atoms with Gasteiger partial charge in [0.1, 0.15) is 0 Å². The van der Waals surface area contributed by atoms with Crippen molar-refractivity contribution in [3.05, 3.63) is 32.8 Å². The van der Waals surface area contributed by atoms with E-state index >= 15 is 0 Å². The molecule has 1 aromatic carbocycles. The van der Waals surface area contributed by atoms with E-state index in [-0.39, 0.29) is 15.6 Å². The molecule has 1 rings (SSSR count). The van der Waals surface area contributed by atoms with Crippen molar-refractivity contribution in [2.24, 2.45) is 5.73 Å². The van der Waals surface area contributed by atoms with E-state index in [9.17, 15) is 4.79 Å². The van der Waals surface area contributed by atoms with Crippen molar-refractivity contribution in [1.82, 2.24) is 0 Å². The predicted octanol–water partition coefficient (Wildman–Crippen LogP) is 2.75. The summed E-state index contributed by atoms with van der Waals surface area (Å²) in [6.07, 6.45) is 0. The molecule has 0 saturated heterocycles. The molecule has 5 heteroatoms. The summed E-state index contributed by atoms with van der Waals surface area (Å²) in [5, 5.41) is 0.704. The number of hydrogen-bond donors (Lipinski definition) is 1. The molecule has 64 valence electrons. The standard InChI is InChI=1S/C7H4Cl3NO/c8-3-1-4(9)6(7(11)12)5(10)2-3/h1-2H,(H2,11,12). The number of nitrogens with two attached hydrogens (primary N) is 1. The topological polar surface area (TPSA) is 43.1 Å². The highest BCUT2D eigenvalue weighted by molar-refractivity contribution is 6.42. The lowest BCUT2D eigenvalue weighted by molar-refractivity contribution is 0.100. The van der Waals surface area contributed by atoms with Gasteiger partial charge in [-0.05, 0) is 12.1 Å². The number of hydrogen-bond acceptors (Lipinski definition) is 1. The molecule has 0 aliphatic carbocycles. The quantitative estimate of drug-likeness (QED) is 0.783. The van der Waals surface area contributed by atoms with Gasteiger partial charge < -0.3 is 5.73 Å². The van der Waals surface area contributed by atoms with Crippen molar-refractivity contribution in [2.75, 3.05) is 0 Å². The third kappa shape index (κ3) is 1.83. The first-order valence-electron chi connectivity index (χ1n) is 2.96. The van der Waals surface area contributed by atoms with Crippen LogP contribution in [0.25, 0.3) is 0 Å². The molecule has 0 unspecified atom stereocenters. The molecule has 0 bridgehead atoms. The molecule has 0 heterocycles. The molecule has 1 aromatic rings. The summed E-state index contributed by atoms with van der Waals surface area (Å²) in [5.41, 5.74) is 5.11. The number of carbonyl (C=O) groups excluding carboxylic acids is 1. The number of carbonyl (C=O) groups is 1. The highest BCUT2D eigenvalue weighted by atomic mass is 35.5. The molecule has 2 nitrogen and oxygen atoms in total. The minimum atomic E-state index is -0.665. The van der Waals surface area contributed by atoms with Crippen LogP contribution in [0, 0.1) is 0 Å². The van der Waals surface area contributed by atoms with Crippen LogP contribution >= 0.6 is 34.8 Å². The Kier molecular flexibility index (Phi) is 2.83. The third-order valence-corrected chi connectivity index (χ3v) is 2.07. The molecule has 0 saturated carbocycles. The van der Waals surface area contributed by atoms with Crippen molar-refractivity contribution in [3.8, 4) is 0 Å². The number of amides is 1. The molecule has 0 radical (unpaired) electrons. The summed E-state index contributed by atoms with van der Waals surface area (Å²) in [6, 6.07) is 2.82. The summed E-state index contributed by atoms with van der Waals surface area (Å²) in [5.74, 6) is -0.665. The van der Waals surface area contributed by atoms with Crippen LogP contribution in [-0.2, 0) is 0 Å². The van der Waals surface area contributed by atoms with E-state index in [1.54, 1.807) is 0 Å². The van der Waals surface area contributed by atoms with Crippen molar-refractivity contribution in [1.29, 1.82) is 0 Å². The predicted molar refractivity (Wildman–Crippen MR) is 50.0 cm³/mol. The van der Waals surface area contributed by atoms with E-state index in [2.05, 4.69) is 0 Å². The Balaban J connectivity index is 3.38. The lowest BCUT2D eigenvalue weighted by atomic mass is 10.2. The summed E-state index contributed by atoms with van der Waals surface area (Å²) < 4.78 is 0. The zero-order valence-corrected chi connectivity index (χ0v) is 8.04. The summed E-state index contributed by atoms with van der Waals surface area (Å²) in [7, 11) is 0. The Bertz CT molecular complexity index is 314. The van der Waals surface area contributed by atoms with E-state index in [1.807, 2.05) is 0 Å². The first-order chi connectivity index (χ1) is 5.52. The molecule has 12 heavy (non-hydrogen) atoms. The minimum absolute atomic E-state index is 0.0998. The van der Waals surface area contributed by atoms with E-state index < -0.39 is 5.91 Å². The average molecular weight is 224 g/mol. The molecule has 2 N–H and O–H groups in total. The van der Waals surface area contributed by atoms with Crippen LogP contribution in [0.15, 0.2) is 12.1 Å². The number of benzene rings is 1. The second-order valence-electron chi connectivity index (χ2n) is 2.11. The van der Waals surface area contributed by atoms with Gasteiger partial charge in [0.15, 0.2) is 0 Å². The van der Waals surface area contributed by atoms with Crippen LogP contribution < -0.4 is 5.73 Å². The van der Waals surface area contributed by atoms with Crippen LogP contribution in [0.2, 0.25) is 15.1 Å². The molecular weight excluding hydrogens is 220 g/mol. The lowest BCUT2D eigenvalue weighted by Gasteiger charge is -2.02. The van der Waals surface area contributed by atoms with Crippen molar-refractivity contribution >= 4 is 40.7 Å². The Hall–Kier alpha value is -0.440. The lowest BCUT2D eigenvalue weighted by Crippen LogP contribution is -2.12. The number of primary amides is 1. The maximum absolute atomic E-state index is 10.8. The molecule has 0 aliphatic heterocycles. The van der Waals surface area contributed by atoms with Gasteiger partial charge in [0.05, 0.1) is 15.6 Å². The number of halogens is 3. The highest BCUT2D eigenvalue weighted by Crippen LogP contribution is 2.28. The number of rotatable bonds is 1. The first kappa shape index (κ1) is 9.65. The molecule has 1 amide bonds. The first-order valence-corrected chi connectivity index (χ1v) is 4.10. The zero-order chi connectivity index (χ0) is 9.30. The van der Waals surface area contributed by atoms with Crippen molar-refractivity contribution in [3.63, 3.8) is 0 Å². The smallest absolute Gasteiger partial charge is 0.251 e. The van der Waals surface area contributed by atoms with Crippen LogP contribution in [0.3, 0.4) is 0 Å². The minimum Gasteiger partial charge on any atom is -0.366 e. The Morgan fingerprint density at radius 2 is 1.58 bits per heavy atom. The summed E-state index contributed by atoms with van der Waals surface area (Å²) in [4.78, 5) is 10.8.